The van der Waals surface area contributed by atoms with E-state index in [-0.39, 0.29) is 5.82 Å². The van der Waals surface area contributed by atoms with Crippen molar-refractivity contribution in [2.75, 3.05) is 11.4 Å². The van der Waals surface area contributed by atoms with Gasteiger partial charge in [-0.05, 0) is 42.2 Å². The number of anilines is 1. The maximum Gasteiger partial charge on any atom is 0.147 e. The first-order chi connectivity index (χ1) is 17.2. The Bertz CT molecular complexity index is 1500. The van der Waals surface area contributed by atoms with Gasteiger partial charge in [-0.2, -0.15) is 5.10 Å². The number of rotatable bonds is 5. The number of aryl methyl sites for hydroxylation is 2. The molecule has 1 N–H and O–H groups in total. The lowest BCUT2D eigenvalue weighted by Gasteiger charge is -2.27. The highest BCUT2D eigenvalue weighted by atomic mass is 19.1. The van der Waals surface area contributed by atoms with Crippen molar-refractivity contribution >= 4 is 16.7 Å². The zero-order valence-electron chi connectivity index (χ0n) is 19.9. The number of aromatic nitrogens is 5. The summed E-state index contributed by atoms with van der Waals surface area (Å²) in [7, 11) is 0. The molecule has 3 aromatic heterocycles. The van der Waals surface area contributed by atoms with Crippen LogP contribution in [0.2, 0.25) is 0 Å². The van der Waals surface area contributed by atoms with Crippen molar-refractivity contribution < 1.29 is 4.39 Å². The molecule has 0 fully saturated rings. The number of H-pyrrole nitrogens is 1. The first-order valence-corrected chi connectivity index (χ1v) is 12.2. The van der Waals surface area contributed by atoms with Crippen LogP contribution in [0.5, 0.6) is 0 Å². The number of para-hydroxylation sites is 1. The van der Waals surface area contributed by atoms with E-state index in [1.807, 2.05) is 12.1 Å². The van der Waals surface area contributed by atoms with Gasteiger partial charge >= 0.3 is 0 Å². The number of nitrogens with one attached hydrogen (secondary N) is 1. The van der Waals surface area contributed by atoms with Crippen molar-refractivity contribution in [1.82, 2.24) is 24.7 Å². The molecule has 35 heavy (non-hydrogen) atoms. The van der Waals surface area contributed by atoms with E-state index >= 15 is 0 Å². The number of hydrogen-bond acceptors (Lipinski definition) is 4. The van der Waals surface area contributed by atoms with Crippen molar-refractivity contribution in [1.29, 1.82) is 0 Å². The molecular weight excluding hydrogens is 439 g/mol. The summed E-state index contributed by atoms with van der Waals surface area (Å²) in [5, 5.41) is 6.07. The Morgan fingerprint density at radius 2 is 1.86 bits per heavy atom. The second kappa shape index (κ2) is 8.65. The quantitative estimate of drug-likeness (QED) is 0.364. The van der Waals surface area contributed by atoms with E-state index in [0.717, 1.165) is 65.2 Å². The highest BCUT2D eigenvalue weighted by molar-refractivity contribution is 5.96. The van der Waals surface area contributed by atoms with E-state index in [4.69, 9.17) is 5.10 Å². The molecule has 0 atom stereocenters. The normalized spacial score (nSPS) is 13.4. The molecule has 0 aliphatic carbocycles. The van der Waals surface area contributed by atoms with Gasteiger partial charge in [0.2, 0.25) is 0 Å². The van der Waals surface area contributed by atoms with Gasteiger partial charge in [0.25, 0.3) is 0 Å². The van der Waals surface area contributed by atoms with E-state index in [9.17, 15) is 4.39 Å². The van der Waals surface area contributed by atoms with Crippen molar-refractivity contribution in [2.24, 2.45) is 0 Å². The maximum absolute atomic E-state index is 14.6. The summed E-state index contributed by atoms with van der Waals surface area (Å²) in [5.74, 6) is 0.601. The Labute approximate surface area is 203 Å². The Morgan fingerprint density at radius 3 is 2.60 bits per heavy atom. The van der Waals surface area contributed by atoms with Crippen molar-refractivity contribution in [2.45, 2.75) is 39.7 Å². The van der Waals surface area contributed by atoms with Gasteiger partial charge in [0, 0.05) is 54.6 Å². The molecule has 1 aliphatic heterocycles. The first kappa shape index (κ1) is 21.5. The Kier molecular flexibility index (Phi) is 5.32. The molecule has 7 heteroatoms. The summed E-state index contributed by atoms with van der Waals surface area (Å²) in [4.78, 5) is 14.1. The molecule has 0 saturated heterocycles. The van der Waals surface area contributed by atoms with Gasteiger partial charge in [-0.1, -0.05) is 32.0 Å². The lowest BCUT2D eigenvalue weighted by Crippen LogP contribution is -2.31. The van der Waals surface area contributed by atoms with Crippen LogP contribution < -0.4 is 4.90 Å². The van der Waals surface area contributed by atoms with Crippen LogP contribution in [0.15, 0.2) is 61.2 Å². The van der Waals surface area contributed by atoms with Crippen LogP contribution >= 0.6 is 0 Å². The largest absolute Gasteiger partial charge is 0.359 e. The average Bonchev–Trinajstić information content (AvgIpc) is 3.55. The number of benzene rings is 2. The molecule has 0 amide bonds. The summed E-state index contributed by atoms with van der Waals surface area (Å²) in [5.41, 5.74) is 8.41. The fourth-order valence-corrected chi connectivity index (χ4v) is 5.28. The predicted octanol–water partition coefficient (Wildman–Crippen LogP) is 5.64. The lowest BCUT2D eigenvalue weighted by atomic mass is 9.97. The average molecular weight is 467 g/mol. The van der Waals surface area contributed by atoms with Crippen LogP contribution in [0.25, 0.3) is 27.8 Å². The second-order valence-corrected chi connectivity index (χ2v) is 8.91. The second-order valence-electron chi connectivity index (χ2n) is 8.91. The number of fused-ring (bicyclic) bond motifs is 2. The fourth-order valence-electron chi connectivity index (χ4n) is 5.28. The molecule has 0 unspecified atom stereocenters. The topological polar surface area (TPSA) is 62.6 Å². The van der Waals surface area contributed by atoms with Crippen LogP contribution in [-0.2, 0) is 25.8 Å². The van der Waals surface area contributed by atoms with Crippen molar-refractivity contribution in [3.63, 3.8) is 0 Å². The Hall–Kier alpha value is -4.00. The summed E-state index contributed by atoms with van der Waals surface area (Å²) < 4.78 is 16.8. The van der Waals surface area contributed by atoms with E-state index in [1.54, 1.807) is 30.9 Å². The van der Waals surface area contributed by atoms with Gasteiger partial charge in [0.05, 0.1) is 28.8 Å². The molecule has 0 spiro atoms. The summed E-state index contributed by atoms with van der Waals surface area (Å²) in [6.45, 7) is 5.85. The van der Waals surface area contributed by atoms with Gasteiger partial charge in [-0.15, -0.1) is 0 Å². The molecule has 0 bridgehead atoms. The molecule has 0 saturated carbocycles. The fraction of sp³-hybridized carbons (Fsp3) is 0.250. The molecule has 1 aliphatic rings. The highest BCUT2D eigenvalue weighted by Crippen LogP contribution is 2.39. The maximum atomic E-state index is 14.6. The van der Waals surface area contributed by atoms with E-state index in [0.29, 0.717) is 12.1 Å². The van der Waals surface area contributed by atoms with Gasteiger partial charge in [0.1, 0.15) is 11.6 Å². The zero-order valence-corrected chi connectivity index (χ0v) is 19.9. The van der Waals surface area contributed by atoms with Crippen LogP contribution in [0.4, 0.5) is 10.2 Å². The SMILES string of the molecule is CCc1cccc(CC)c1-n1nc2c(c1-c1ccc(F)c3[nH]ccc13)CN(c1cnccn1)CC2. The number of hydrogen-bond donors (Lipinski definition) is 1. The summed E-state index contributed by atoms with van der Waals surface area (Å²) in [6, 6.07) is 11.9. The van der Waals surface area contributed by atoms with Gasteiger partial charge < -0.3 is 9.88 Å². The third kappa shape index (κ3) is 3.50. The molecule has 6 rings (SSSR count). The summed E-state index contributed by atoms with van der Waals surface area (Å²) >= 11 is 0. The number of nitrogens with zero attached hydrogens (tertiary/aromatic N) is 5. The molecule has 0 radical (unpaired) electrons. The van der Waals surface area contributed by atoms with Gasteiger partial charge in [-0.3, -0.25) is 4.98 Å². The molecule has 2 aromatic carbocycles. The summed E-state index contributed by atoms with van der Waals surface area (Å²) in [6.07, 6.45) is 9.64. The third-order valence-corrected chi connectivity index (χ3v) is 7.01. The van der Waals surface area contributed by atoms with Crippen LogP contribution in [0.3, 0.4) is 0 Å². The Morgan fingerprint density at radius 1 is 1.03 bits per heavy atom. The third-order valence-electron chi connectivity index (χ3n) is 7.01. The highest BCUT2D eigenvalue weighted by Gasteiger charge is 2.29. The van der Waals surface area contributed by atoms with Crippen molar-refractivity contribution in [3.05, 3.63) is 89.4 Å². The molecule has 6 nitrogen and oxygen atoms in total. The van der Waals surface area contributed by atoms with E-state index < -0.39 is 0 Å². The first-order valence-electron chi connectivity index (χ1n) is 12.2. The van der Waals surface area contributed by atoms with Crippen LogP contribution in [0.1, 0.15) is 36.2 Å². The predicted molar refractivity (Wildman–Crippen MR) is 136 cm³/mol. The van der Waals surface area contributed by atoms with E-state index in [2.05, 4.69) is 56.6 Å². The van der Waals surface area contributed by atoms with Crippen LogP contribution in [0, 0.1) is 5.82 Å². The van der Waals surface area contributed by atoms with Crippen LogP contribution in [-0.4, -0.2) is 31.3 Å². The smallest absolute Gasteiger partial charge is 0.147 e. The zero-order chi connectivity index (χ0) is 23.9. The van der Waals surface area contributed by atoms with Gasteiger partial charge in [-0.25, -0.2) is 14.1 Å². The minimum Gasteiger partial charge on any atom is -0.359 e. The lowest BCUT2D eigenvalue weighted by molar-refractivity contribution is 0.637. The van der Waals surface area contributed by atoms with E-state index in [1.165, 1.54) is 11.1 Å². The Balaban J connectivity index is 1.63. The molecular formula is C28H27FN6. The molecule has 5 aromatic rings. The number of aromatic amines is 1. The molecule has 4 heterocycles. The number of halogens is 1. The minimum atomic E-state index is -0.252. The molecule has 176 valence electrons. The minimum absolute atomic E-state index is 0.252. The van der Waals surface area contributed by atoms with Gasteiger partial charge in [0.15, 0.2) is 0 Å². The standard InChI is InChI=1S/C28H27FN6/c1-3-18-6-5-7-19(4-2)27(18)35-28(21-8-9-23(29)26-20(21)10-12-32-26)22-17-34(15-11-24(22)33-35)25-16-30-13-14-31-25/h5-10,12-14,16,32H,3-4,11,15,17H2,1-2H3. The monoisotopic (exact) mass is 466 g/mol. The van der Waals surface area contributed by atoms with Crippen molar-refractivity contribution in [3.8, 4) is 16.9 Å².